The van der Waals surface area contributed by atoms with Crippen LogP contribution in [-0.2, 0) is 4.74 Å². The zero-order valence-corrected chi connectivity index (χ0v) is 9.50. The van der Waals surface area contributed by atoms with Crippen molar-refractivity contribution < 1.29 is 4.74 Å². The number of nitrogens with one attached hydrogen (secondary N) is 1. The molecule has 0 bridgehead atoms. The summed E-state index contributed by atoms with van der Waals surface area (Å²) in [5, 5.41) is 3.38. The van der Waals surface area contributed by atoms with E-state index in [1.165, 1.54) is 37.9 Å². The minimum absolute atomic E-state index is 0.829. The molecule has 86 valence electrons. The lowest BCUT2D eigenvalue weighted by Gasteiger charge is -2.08. The van der Waals surface area contributed by atoms with Gasteiger partial charge in [-0.3, -0.25) is 4.99 Å². The lowest BCUT2D eigenvalue weighted by molar-refractivity contribution is 0.129. The number of amidine groups is 1. The maximum Gasteiger partial charge on any atom is 0.0963 e. The predicted octanol–water partition coefficient (Wildman–Crippen LogP) is 1.98. The number of aliphatic imine (C=N–C) groups is 1. The van der Waals surface area contributed by atoms with Gasteiger partial charge in [0.05, 0.1) is 12.4 Å². The zero-order chi connectivity index (χ0) is 10.3. The van der Waals surface area contributed by atoms with Crippen molar-refractivity contribution in [3.05, 3.63) is 0 Å². The Labute approximate surface area is 92.3 Å². The van der Waals surface area contributed by atoms with Gasteiger partial charge in [-0.05, 0) is 31.6 Å². The third-order valence-corrected chi connectivity index (χ3v) is 3.00. The summed E-state index contributed by atoms with van der Waals surface area (Å²) in [5.74, 6) is 2.07. The summed E-state index contributed by atoms with van der Waals surface area (Å²) in [4.78, 5) is 4.52. The smallest absolute Gasteiger partial charge is 0.0963 e. The Balaban J connectivity index is 1.49. The maximum atomic E-state index is 5.56. The highest BCUT2D eigenvalue weighted by atomic mass is 16.5. The fourth-order valence-electron chi connectivity index (χ4n) is 1.82. The minimum Gasteiger partial charge on any atom is -0.379 e. The number of hydrogen-bond donors (Lipinski definition) is 1. The first-order valence-corrected chi connectivity index (χ1v) is 6.30. The van der Waals surface area contributed by atoms with Crippen LogP contribution in [0.25, 0.3) is 0 Å². The molecule has 0 spiro atoms. The number of rotatable bonds is 5. The highest BCUT2D eigenvalue weighted by Crippen LogP contribution is 2.28. The molecule has 0 aromatic carbocycles. The van der Waals surface area contributed by atoms with Crippen LogP contribution in [-0.4, -0.2) is 32.1 Å². The first-order valence-electron chi connectivity index (χ1n) is 6.30. The summed E-state index contributed by atoms with van der Waals surface area (Å²) in [7, 11) is 0. The van der Waals surface area contributed by atoms with Crippen molar-refractivity contribution in [3.63, 3.8) is 0 Å². The maximum absolute atomic E-state index is 5.56. The van der Waals surface area contributed by atoms with Gasteiger partial charge < -0.3 is 10.1 Å². The van der Waals surface area contributed by atoms with Gasteiger partial charge in [-0.1, -0.05) is 6.42 Å². The molecule has 1 fully saturated rings. The van der Waals surface area contributed by atoms with Gasteiger partial charge in [0.15, 0.2) is 0 Å². The Morgan fingerprint density at radius 2 is 2.20 bits per heavy atom. The summed E-state index contributed by atoms with van der Waals surface area (Å²) in [6, 6.07) is 0. The molecule has 0 aromatic heterocycles. The number of hydrogen-bond acceptors (Lipinski definition) is 3. The van der Waals surface area contributed by atoms with Crippen molar-refractivity contribution in [3.8, 4) is 0 Å². The van der Waals surface area contributed by atoms with E-state index in [4.69, 9.17) is 4.74 Å². The largest absolute Gasteiger partial charge is 0.379 e. The van der Waals surface area contributed by atoms with Crippen molar-refractivity contribution >= 4 is 5.84 Å². The van der Waals surface area contributed by atoms with Gasteiger partial charge in [0.1, 0.15) is 0 Å². The highest BCUT2D eigenvalue weighted by molar-refractivity contribution is 5.82. The van der Waals surface area contributed by atoms with E-state index in [0.29, 0.717) is 0 Å². The average Bonchev–Trinajstić information content (AvgIpc) is 3.03. The standard InChI is InChI=1S/C12H22N2O/c1-2-4-12(13-7-3-1)14-8-9-15-10-11-5-6-11/h11H,1-10H2,(H,13,14). The molecule has 1 N–H and O–H groups in total. The minimum atomic E-state index is 0.829. The van der Waals surface area contributed by atoms with E-state index in [2.05, 4.69) is 10.3 Å². The molecule has 1 aliphatic carbocycles. The van der Waals surface area contributed by atoms with Gasteiger partial charge in [-0.15, -0.1) is 0 Å². The molecule has 0 radical (unpaired) electrons. The second-order valence-electron chi connectivity index (χ2n) is 4.58. The Kier molecular flexibility index (Phi) is 4.45. The summed E-state index contributed by atoms with van der Waals surface area (Å²) in [6.45, 7) is 3.72. The summed E-state index contributed by atoms with van der Waals surface area (Å²) >= 11 is 0. The van der Waals surface area contributed by atoms with Crippen molar-refractivity contribution in [1.82, 2.24) is 5.32 Å². The third kappa shape index (κ3) is 4.65. The molecule has 1 aliphatic heterocycles. The van der Waals surface area contributed by atoms with E-state index in [1.54, 1.807) is 0 Å². The summed E-state index contributed by atoms with van der Waals surface area (Å²) in [6.07, 6.45) is 7.74. The molecule has 0 atom stereocenters. The third-order valence-electron chi connectivity index (χ3n) is 3.00. The fourth-order valence-corrected chi connectivity index (χ4v) is 1.82. The van der Waals surface area contributed by atoms with Crippen LogP contribution in [0.5, 0.6) is 0 Å². The topological polar surface area (TPSA) is 33.6 Å². The Morgan fingerprint density at radius 3 is 3.07 bits per heavy atom. The normalized spacial score (nSPS) is 22.0. The van der Waals surface area contributed by atoms with E-state index in [1.807, 2.05) is 0 Å². The van der Waals surface area contributed by atoms with E-state index >= 15 is 0 Å². The van der Waals surface area contributed by atoms with Crippen molar-refractivity contribution in [2.24, 2.45) is 10.9 Å². The molecule has 0 saturated heterocycles. The second kappa shape index (κ2) is 6.11. The van der Waals surface area contributed by atoms with Crippen LogP contribution in [0.15, 0.2) is 4.99 Å². The average molecular weight is 210 g/mol. The van der Waals surface area contributed by atoms with E-state index in [-0.39, 0.29) is 0 Å². The summed E-state index contributed by atoms with van der Waals surface area (Å²) < 4.78 is 5.56. The van der Waals surface area contributed by atoms with Crippen LogP contribution in [0.3, 0.4) is 0 Å². The highest BCUT2D eigenvalue weighted by Gasteiger charge is 2.20. The van der Waals surface area contributed by atoms with E-state index in [0.717, 1.165) is 38.6 Å². The van der Waals surface area contributed by atoms with Gasteiger partial charge in [-0.25, -0.2) is 0 Å². The SMILES string of the molecule is C1CCN=C(NCCOCC2CC2)CC1. The van der Waals surface area contributed by atoms with Gasteiger partial charge in [0, 0.05) is 26.1 Å². The van der Waals surface area contributed by atoms with E-state index < -0.39 is 0 Å². The first kappa shape index (κ1) is 10.9. The molecule has 1 heterocycles. The molecule has 0 aromatic rings. The molecule has 1 saturated carbocycles. The molecule has 15 heavy (non-hydrogen) atoms. The fraction of sp³-hybridized carbons (Fsp3) is 0.917. The molecule has 2 aliphatic rings. The molecular formula is C12H22N2O. The van der Waals surface area contributed by atoms with Crippen LogP contribution in [0.1, 0.15) is 38.5 Å². The Bertz CT molecular complexity index is 212. The zero-order valence-electron chi connectivity index (χ0n) is 9.50. The van der Waals surface area contributed by atoms with Gasteiger partial charge >= 0.3 is 0 Å². The van der Waals surface area contributed by atoms with Crippen LogP contribution >= 0.6 is 0 Å². The van der Waals surface area contributed by atoms with Crippen LogP contribution in [0, 0.1) is 5.92 Å². The molecule has 3 nitrogen and oxygen atoms in total. The molecule has 0 amide bonds. The quantitative estimate of drug-likeness (QED) is 0.704. The van der Waals surface area contributed by atoms with Crippen molar-refractivity contribution in [2.45, 2.75) is 38.5 Å². The second-order valence-corrected chi connectivity index (χ2v) is 4.58. The summed E-state index contributed by atoms with van der Waals surface area (Å²) in [5.41, 5.74) is 0. The van der Waals surface area contributed by atoms with Crippen molar-refractivity contribution in [1.29, 1.82) is 0 Å². The molecular weight excluding hydrogens is 188 g/mol. The monoisotopic (exact) mass is 210 g/mol. The number of ether oxygens (including phenoxy) is 1. The molecule has 0 unspecified atom stereocenters. The van der Waals surface area contributed by atoms with Gasteiger partial charge in [0.2, 0.25) is 0 Å². The van der Waals surface area contributed by atoms with Crippen molar-refractivity contribution in [2.75, 3.05) is 26.3 Å². The molecule has 2 rings (SSSR count). The lowest BCUT2D eigenvalue weighted by Crippen LogP contribution is -2.27. The predicted molar refractivity (Wildman–Crippen MR) is 62.3 cm³/mol. The van der Waals surface area contributed by atoms with Gasteiger partial charge in [-0.2, -0.15) is 0 Å². The lowest BCUT2D eigenvalue weighted by atomic mass is 10.2. The molecule has 3 heteroatoms. The Hall–Kier alpha value is -0.570. The van der Waals surface area contributed by atoms with Crippen LogP contribution < -0.4 is 5.32 Å². The Morgan fingerprint density at radius 1 is 1.27 bits per heavy atom. The van der Waals surface area contributed by atoms with E-state index in [9.17, 15) is 0 Å². The van der Waals surface area contributed by atoms with Crippen LogP contribution in [0.4, 0.5) is 0 Å². The number of nitrogens with zero attached hydrogens (tertiary/aromatic N) is 1. The first-order chi connectivity index (χ1) is 7.45. The van der Waals surface area contributed by atoms with Gasteiger partial charge in [0.25, 0.3) is 0 Å². The van der Waals surface area contributed by atoms with Crippen LogP contribution in [0.2, 0.25) is 0 Å².